The van der Waals surface area contributed by atoms with Gasteiger partial charge in [-0.15, -0.1) is 10.2 Å². The van der Waals surface area contributed by atoms with Gasteiger partial charge in [-0.3, -0.25) is 0 Å². The van der Waals surface area contributed by atoms with Gasteiger partial charge in [-0.1, -0.05) is 72.8 Å². The van der Waals surface area contributed by atoms with Crippen molar-refractivity contribution in [1.29, 1.82) is 0 Å². The van der Waals surface area contributed by atoms with E-state index in [1.54, 1.807) is 60.7 Å². The molecule has 0 fully saturated rings. The Hall–Kier alpha value is -4.28. The third-order valence-corrected chi connectivity index (χ3v) is 8.80. The van der Waals surface area contributed by atoms with Crippen LogP contribution in [-0.2, 0) is 20.2 Å². The van der Waals surface area contributed by atoms with Gasteiger partial charge in [-0.2, -0.15) is 10.2 Å². The Morgan fingerprint density at radius 2 is 0.872 bits per heavy atom. The molecular formula is C32H20CaN4O8S2. The molecule has 0 bridgehead atoms. The fourth-order valence-corrected chi connectivity index (χ4v) is 6.34. The van der Waals surface area contributed by atoms with E-state index in [0.29, 0.717) is 10.8 Å². The zero-order valence-electron chi connectivity index (χ0n) is 24.0. The summed E-state index contributed by atoms with van der Waals surface area (Å²) in [6.45, 7) is 0. The SMILES string of the molecule is O=S(=O)([O-])c1cc(N=Nc2c(O)ccc3ccccc23)ccc1-c1ccc(N=Nc2c(O)ccc3ccccc23)cc1S(=O)(=O)[O-].[Ca+2]. The first-order valence-electron chi connectivity index (χ1n) is 13.4. The maximum atomic E-state index is 12.4. The van der Waals surface area contributed by atoms with Crippen LogP contribution in [0.15, 0.2) is 139 Å². The van der Waals surface area contributed by atoms with Gasteiger partial charge in [0.1, 0.15) is 43.1 Å². The van der Waals surface area contributed by atoms with Crippen molar-refractivity contribution < 1.29 is 36.2 Å². The van der Waals surface area contributed by atoms with E-state index in [1.165, 1.54) is 24.3 Å². The Balaban J connectivity index is 0.00000433. The third-order valence-electron chi connectivity index (χ3n) is 7.05. The molecule has 0 radical (unpaired) electrons. The predicted octanol–water partition coefficient (Wildman–Crippen LogP) is 7.33. The Labute approximate surface area is 298 Å². The molecule has 6 rings (SSSR count). The first-order valence-corrected chi connectivity index (χ1v) is 16.2. The zero-order valence-corrected chi connectivity index (χ0v) is 27.9. The van der Waals surface area contributed by atoms with Gasteiger partial charge >= 0.3 is 37.7 Å². The second-order valence-corrected chi connectivity index (χ2v) is 12.7. The summed E-state index contributed by atoms with van der Waals surface area (Å²) in [5.41, 5.74) is -0.724. The van der Waals surface area contributed by atoms with Crippen LogP contribution in [0.2, 0.25) is 0 Å². The summed E-state index contributed by atoms with van der Waals surface area (Å²) in [5, 5.41) is 39.5. The van der Waals surface area contributed by atoms with Gasteiger partial charge in [-0.05, 0) is 47.2 Å². The van der Waals surface area contributed by atoms with E-state index < -0.39 is 30.0 Å². The van der Waals surface area contributed by atoms with Crippen LogP contribution >= 0.6 is 0 Å². The number of rotatable bonds is 7. The summed E-state index contributed by atoms with van der Waals surface area (Å²) >= 11 is 0. The summed E-state index contributed by atoms with van der Waals surface area (Å²) in [7, 11) is -10.5. The van der Waals surface area contributed by atoms with Crippen molar-refractivity contribution in [2.45, 2.75) is 9.79 Å². The van der Waals surface area contributed by atoms with Gasteiger partial charge in [0, 0.05) is 21.9 Å². The van der Waals surface area contributed by atoms with Crippen molar-refractivity contribution in [2.24, 2.45) is 20.5 Å². The van der Waals surface area contributed by atoms with E-state index in [1.807, 2.05) is 0 Å². The molecule has 12 nitrogen and oxygen atoms in total. The van der Waals surface area contributed by atoms with Gasteiger partial charge in [-0.25, -0.2) is 16.8 Å². The molecule has 0 amide bonds. The van der Waals surface area contributed by atoms with E-state index >= 15 is 0 Å². The van der Waals surface area contributed by atoms with Crippen LogP contribution in [0.5, 0.6) is 11.5 Å². The monoisotopic (exact) mass is 692 g/mol. The molecule has 0 unspecified atom stereocenters. The van der Waals surface area contributed by atoms with Crippen LogP contribution in [0.4, 0.5) is 22.7 Å². The fraction of sp³-hybridized carbons (Fsp3) is 0. The summed E-state index contributed by atoms with van der Waals surface area (Å²) < 4.78 is 74.1. The van der Waals surface area contributed by atoms with Crippen LogP contribution in [-0.4, -0.2) is 73.9 Å². The van der Waals surface area contributed by atoms with Crippen LogP contribution in [0.3, 0.4) is 0 Å². The second-order valence-electron chi connectivity index (χ2n) is 9.98. The average Bonchev–Trinajstić information content (AvgIpc) is 3.03. The van der Waals surface area contributed by atoms with Crippen LogP contribution < -0.4 is 0 Å². The van der Waals surface area contributed by atoms with Crippen LogP contribution in [0, 0.1) is 0 Å². The minimum absolute atomic E-state index is 0. The number of hydrogen-bond donors (Lipinski definition) is 2. The smallest absolute Gasteiger partial charge is 0.744 e. The molecule has 6 aromatic carbocycles. The maximum absolute atomic E-state index is 12.4. The Morgan fingerprint density at radius 3 is 1.26 bits per heavy atom. The van der Waals surface area contributed by atoms with E-state index in [0.717, 1.165) is 35.0 Å². The van der Waals surface area contributed by atoms with E-state index in [-0.39, 0.29) is 83.1 Å². The number of benzene rings is 6. The third kappa shape index (κ3) is 7.18. The maximum Gasteiger partial charge on any atom is 2.00 e. The van der Waals surface area contributed by atoms with E-state index in [9.17, 15) is 36.2 Å². The fourth-order valence-electron chi connectivity index (χ4n) is 4.92. The van der Waals surface area contributed by atoms with Crippen LogP contribution in [0.25, 0.3) is 32.7 Å². The molecule has 0 saturated carbocycles. The van der Waals surface area contributed by atoms with Crippen molar-refractivity contribution in [3.05, 3.63) is 109 Å². The van der Waals surface area contributed by atoms with Gasteiger partial charge in [0.05, 0.1) is 21.2 Å². The molecule has 6 aromatic rings. The van der Waals surface area contributed by atoms with E-state index in [4.69, 9.17) is 0 Å². The molecule has 0 saturated heterocycles. The second kappa shape index (κ2) is 13.4. The van der Waals surface area contributed by atoms with Crippen LogP contribution in [0.1, 0.15) is 0 Å². The molecule has 47 heavy (non-hydrogen) atoms. The Bertz CT molecular complexity index is 2300. The number of nitrogens with zero attached hydrogens (tertiary/aromatic N) is 4. The minimum atomic E-state index is -5.24. The standard InChI is InChI=1S/C32H22N4O8S2.Ca/c37-27-15-9-19-5-1-3-7-23(19)31(27)35-33-21-11-13-25(29(17-21)45(39,40)41)26-14-12-22(18-30(26)46(42,43)44)34-36-32-24-8-4-2-6-20(24)10-16-28(32)38;/h1-18,37-38H,(H,39,40,41)(H,42,43,44);/q;+2/p-2. The molecule has 230 valence electrons. The summed E-state index contributed by atoms with van der Waals surface area (Å²) in [5.74, 6) is -0.372. The number of phenolic OH excluding ortho intramolecular Hbond substituents is 2. The molecule has 0 atom stereocenters. The molecule has 0 aliphatic rings. The molecule has 0 spiro atoms. The number of hydrogen-bond acceptors (Lipinski definition) is 12. The van der Waals surface area contributed by atoms with E-state index in [2.05, 4.69) is 20.5 Å². The number of phenols is 2. The summed E-state index contributed by atoms with van der Waals surface area (Å²) in [6.07, 6.45) is 0. The largest absolute Gasteiger partial charge is 2.00 e. The predicted molar refractivity (Wildman–Crippen MR) is 173 cm³/mol. The zero-order chi connectivity index (χ0) is 32.6. The van der Waals surface area contributed by atoms with Crippen molar-refractivity contribution in [1.82, 2.24) is 0 Å². The topological polar surface area (TPSA) is 204 Å². The Morgan fingerprint density at radius 1 is 0.489 bits per heavy atom. The first-order chi connectivity index (χ1) is 21.9. The Kier molecular flexibility index (Phi) is 9.75. The molecule has 0 aromatic heterocycles. The van der Waals surface area contributed by atoms with Gasteiger partial charge in [0.2, 0.25) is 0 Å². The first kappa shape index (κ1) is 34.1. The number of azo groups is 2. The molecule has 0 aliphatic heterocycles. The summed E-state index contributed by atoms with van der Waals surface area (Å²) in [4.78, 5) is -1.71. The number of aromatic hydroxyl groups is 2. The minimum Gasteiger partial charge on any atom is -0.744 e. The normalized spacial score (nSPS) is 12.2. The molecule has 0 heterocycles. The van der Waals surface area contributed by atoms with Gasteiger partial charge in [0.15, 0.2) is 0 Å². The van der Waals surface area contributed by atoms with Crippen molar-refractivity contribution in [3.8, 4) is 22.6 Å². The van der Waals surface area contributed by atoms with Crippen molar-refractivity contribution in [2.75, 3.05) is 0 Å². The summed E-state index contributed by atoms with van der Waals surface area (Å²) in [6, 6.07) is 26.9. The average molecular weight is 693 g/mol. The van der Waals surface area contributed by atoms with Crippen molar-refractivity contribution >= 4 is 102 Å². The number of fused-ring (bicyclic) bond motifs is 2. The molecular weight excluding hydrogens is 673 g/mol. The molecule has 2 N–H and O–H groups in total. The van der Waals surface area contributed by atoms with Crippen molar-refractivity contribution in [3.63, 3.8) is 0 Å². The van der Waals surface area contributed by atoms with Gasteiger partial charge in [0.25, 0.3) is 0 Å². The van der Waals surface area contributed by atoms with Gasteiger partial charge < -0.3 is 19.3 Å². The quantitative estimate of drug-likeness (QED) is 0.0982. The molecule has 15 heteroatoms. The molecule has 0 aliphatic carbocycles.